The molecule has 0 radical (unpaired) electrons. The van der Waals surface area contributed by atoms with Crippen molar-refractivity contribution in [1.82, 2.24) is 25.1 Å². The van der Waals surface area contributed by atoms with Crippen LogP contribution in [0.4, 0.5) is 17.6 Å². The Bertz CT molecular complexity index is 1080. The number of aromatic amines is 1. The second-order valence-electron chi connectivity index (χ2n) is 9.97. The molecule has 6 rings (SSSR count). The van der Waals surface area contributed by atoms with E-state index in [-0.39, 0.29) is 0 Å². The summed E-state index contributed by atoms with van der Waals surface area (Å²) in [6.07, 6.45) is 3.31. The summed E-state index contributed by atoms with van der Waals surface area (Å²) < 4.78 is 0. The molecule has 2 aromatic heterocycles. The van der Waals surface area contributed by atoms with Gasteiger partial charge in [-0.25, -0.2) is 4.98 Å². The highest BCUT2D eigenvalue weighted by atomic mass is 15.3. The van der Waals surface area contributed by atoms with Gasteiger partial charge in [-0.3, -0.25) is 5.10 Å². The van der Waals surface area contributed by atoms with E-state index >= 15 is 0 Å². The van der Waals surface area contributed by atoms with Gasteiger partial charge in [-0.15, -0.1) is 0 Å². The van der Waals surface area contributed by atoms with Gasteiger partial charge in [0.15, 0.2) is 5.82 Å². The zero-order valence-electron chi connectivity index (χ0n) is 18.8. The predicted molar refractivity (Wildman–Crippen MR) is 126 cm³/mol. The minimum atomic E-state index is 0.652. The molecule has 2 unspecified atom stereocenters. The molecule has 7 nitrogen and oxygen atoms in total. The normalized spacial score (nSPS) is 24.1. The molecular formula is C25H31N7. The molecule has 2 saturated carbocycles. The first-order chi connectivity index (χ1) is 15.6. The first-order valence-electron chi connectivity index (χ1n) is 11.8. The molecule has 7 heteroatoms. The molecule has 0 amide bonds. The fourth-order valence-corrected chi connectivity index (χ4v) is 5.23. The molecule has 3 aliphatic rings. The van der Waals surface area contributed by atoms with E-state index in [0.29, 0.717) is 5.92 Å². The smallest absolute Gasteiger partial charge is 0.227 e. The molecule has 2 atom stereocenters. The monoisotopic (exact) mass is 429 g/mol. The lowest BCUT2D eigenvalue weighted by atomic mass is 10.1. The Morgan fingerprint density at radius 1 is 1.03 bits per heavy atom. The third kappa shape index (κ3) is 4.09. The summed E-state index contributed by atoms with van der Waals surface area (Å²) in [5.74, 6) is 5.54. The highest BCUT2D eigenvalue weighted by molar-refractivity contribution is 5.55. The van der Waals surface area contributed by atoms with Crippen molar-refractivity contribution in [3.63, 3.8) is 0 Å². The number of hydrogen-bond acceptors (Lipinski definition) is 6. The number of H-pyrrole nitrogens is 1. The van der Waals surface area contributed by atoms with Gasteiger partial charge in [-0.05, 0) is 50.3 Å². The topological polar surface area (TPSA) is 73.0 Å². The van der Waals surface area contributed by atoms with Crippen LogP contribution in [-0.4, -0.2) is 58.8 Å². The lowest BCUT2D eigenvalue weighted by Gasteiger charge is -2.22. The van der Waals surface area contributed by atoms with Crippen molar-refractivity contribution in [2.24, 2.45) is 17.8 Å². The standard InChI is InChI=1S/C25H31N7/c1-31(2)13-19-20-14-32(15-21(19)20)25-26-18(10-16-6-4-3-5-7-16)11-23(28-25)27-24-12-22(29-30-24)17-8-9-17/h3-7,11-12,17,19-21H,8-10,13-15H2,1-2H3,(H2,26,27,28,29,30). The second-order valence-corrected chi connectivity index (χ2v) is 9.97. The summed E-state index contributed by atoms with van der Waals surface area (Å²) in [6, 6.07) is 14.7. The highest BCUT2D eigenvalue weighted by Gasteiger charge is 2.55. The van der Waals surface area contributed by atoms with E-state index in [0.717, 1.165) is 60.5 Å². The van der Waals surface area contributed by atoms with Crippen molar-refractivity contribution >= 4 is 17.6 Å². The Morgan fingerprint density at radius 2 is 1.81 bits per heavy atom. The summed E-state index contributed by atoms with van der Waals surface area (Å²) in [5.41, 5.74) is 3.51. The number of fused-ring (bicyclic) bond motifs is 1. The zero-order valence-corrected chi connectivity index (χ0v) is 18.8. The van der Waals surface area contributed by atoms with Crippen LogP contribution < -0.4 is 10.2 Å². The molecule has 0 spiro atoms. The maximum atomic E-state index is 4.97. The first-order valence-corrected chi connectivity index (χ1v) is 11.8. The number of nitrogens with one attached hydrogen (secondary N) is 2. The Labute approximate surface area is 189 Å². The van der Waals surface area contributed by atoms with E-state index in [1.807, 2.05) is 0 Å². The van der Waals surface area contributed by atoms with Gasteiger partial charge in [-0.2, -0.15) is 10.1 Å². The number of nitrogens with zero attached hydrogens (tertiary/aromatic N) is 5. The Kier molecular flexibility index (Phi) is 4.86. The Morgan fingerprint density at radius 3 is 2.53 bits per heavy atom. The summed E-state index contributed by atoms with van der Waals surface area (Å²) in [7, 11) is 4.34. The van der Waals surface area contributed by atoms with E-state index < -0.39 is 0 Å². The molecule has 2 aliphatic carbocycles. The van der Waals surface area contributed by atoms with Gasteiger partial charge in [0.2, 0.25) is 5.95 Å². The van der Waals surface area contributed by atoms with Crippen LogP contribution in [0, 0.1) is 17.8 Å². The molecule has 1 aromatic carbocycles. The van der Waals surface area contributed by atoms with Crippen LogP contribution in [0.3, 0.4) is 0 Å². The summed E-state index contributed by atoms with van der Waals surface area (Å²) in [5, 5.41) is 11.1. The number of aromatic nitrogens is 4. The van der Waals surface area contributed by atoms with Gasteiger partial charge in [0.1, 0.15) is 5.82 Å². The molecule has 1 aliphatic heterocycles. The quantitative estimate of drug-likeness (QED) is 0.569. The molecule has 3 fully saturated rings. The summed E-state index contributed by atoms with van der Waals surface area (Å²) in [4.78, 5) is 14.6. The number of hydrogen-bond donors (Lipinski definition) is 2. The number of rotatable bonds is 8. The van der Waals surface area contributed by atoms with Gasteiger partial charge >= 0.3 is 0 Å². The molecule has 3 heterocycles. The summed E-state index contributed by atoms with van der Waals surface area (Å²) in [6.45, 7) is 3.31. The molecular weight excluding hydrogens is 398 g/mol. The van der Waals surface area contributed by atoms with Crippen LogP contribution >= 0.6 is 0 Å². The summed E-state index contributed by atoms with van der Waals surface area (Å²) >= 11 is 0. The van der Waals surface area contributed by atoms with Crippen LogP contribution in [-0.2, 0) is 6.42 Å². The SMILES string of the molecule is CN(C)CC1C2CN(c3nc(Cc4ccccc4)cc(Nc4cc(C5CC5)[nH]n4)n3)CC12. The van der Waals surface area contributed by atoms with Gasteiger partial charge in [0.25, 0.3) is 0 Å². The van der Waals surface area contributed by atoms with Gasteiger partial charge in [0.05, 0.1) is 5.69 Å². The maximum absolute atomic E-state index is 4.97. The molecule has 32 heavy (non-hydrogen) atoms. The second kappa shape index (κ2) is 7.89. The van der Waals surface area contributed by atoms with Crippen molar-refractivity contribution in [1.29, 1.82) is 0 Å². The predicted octanol–water partition coefficient (Wildman–Crippen LogP) is 3.66. The minimum absolute atomic E-state index is 0.652. The van der Waals surface area contributed by atoms with Crippen molar-refractivity contribution in [3.8, 4) is 0 Å². The van der Waals surface area contributed by atoms with E-state index in [9.17, 15) is 0 Å². The average Bonchev–Trinajstić information content (AvgIpc) is 3.61. The van der Waals surface area contributed by atoms with Crippen molar-refractivity contribution in [3.05, 3.63) is 59.4 Å². The van der Waals surface area contributed by atoms with Crippen LogP contribution in [0.1, 0.15) is 35.7 Å². The largest absolute Gasteiger partial charge is 0.340 e. The lowest BCUT2D eigenvalue weighted by Crippen LogP contribution is -2.29. The highest BCUT2D eigenvalue weighted by Crippen LogP contribution is 2.52. The molecule has 166 valence electrons. The van der Waals surface area contributed by atoms with E-state index in [4.69, 9.17) is 9.97 Å². The van der Waals surface area contributed by atoms with Crippen LogP contribution in [0.5, 0.6) is 0 Å². The Balaban J connectivity index is 1.23. The van der Waals surface area contributed by atoms with Crippen molar-refractivity contribution < 1.29 is 0 Å². The van der Waals surface area contributed by atoms with Crippen LogP contribution in [0.2, 0.25) is 0 Å². The fraction of sp³-hybridized carbons (Fsp3) is 0.480. The van der Waals surface area contributed by atoms with E-state index in [2.05, 4.69) is 81.9 Å². The molecule has 2 N–H and O–H groups in total. The number of piperidine rings is 1. The van der Waals surface area contributed by atoms with Crippen molar-refractivity contribution in [2.45, 2.75) is 25.2 Å². The number of anilines is 3. The fourth-order valence-electron chi connectivity index (χ4n) is 5.23. The van der Waals surface area contributed by atoms with Crippen molar-refractivity contribution in [2.75, 3.05) is 43.9 Å². The van der Waals surface area contributed by atoms with Gasteiger partial charge < -0.3 is 15.1 Å². The van der Waals surface area contributed by atoms with Gasteiger partial charge in [0, 0.05) is 49.8 Å². The molecule has 0 bridgehead atoms. The van der Waals surface area contributed by atoms with E-state index in [1.165, 1.54) is 30.6 Å². The van der Waals surface area contributed by atoms with Crippen LogP contribution in [0.25, 0.3) is 0 Å². The third-order valence-corrected chi connectivity index (χ3v) is 7.10. The third-order valence-electron chi connectivity index (χ3n) is 7.10. The molecule has 3 aromatic rings. The first kappa shape index (κ1) is 19.7. The Hall–Kier alpha value is -2.93. The zero-order chi connectivity index (χ0) is 21.7. The molecule has 1 saturated heterocycles. The number of benzene rings is 1. The average molecular weight is 430 g/mol. The minimum Gasteiger partial charge on any atom is -0.340 e. The lowest BCUT2D eigenvalue weighted by molar-refractivity contribution is 0.366. The van der Waals surface area contributed by atoms with Crippen LogP contribution in [0.15, 0.2) is 42.5 Å². The van der Waals surface area contributed by atoms with E-state index in [1.54, 1.807) is 0 Å². The van der Waals surface area contributed by atoms with Gasteiger partial charge in [-0.1, -0.05) is 30.3 Å². The maximum Gasteiger partial charge on any atom is 0.227 e.